The number of aromatic amines is 1. The highest BCUT2D eigenvalue weighted by Gasteiger charge is 2.14. The highest BCUT2D eigenvalue weighted by molar-refractivity contribution is 7.15. The molecule has 1 aromatic carbocycles. The van der Waals surface area contributed by atoms with Gasteiger partial charge in [0, 0.05) is 28.5 Å². The van der Waals surface area contributed by atoms with E-state index >= 15 is 0 Å². The molecule has 0 saturated carbocycles. The van der Waals surface area contributed by atoms with Crippen LogP contribution in [0.25, 0.3) is 21.6 Å². The van der Waals surface area contributed by atoms with Crippen molar-refractivity contribution in [2.45, 2.75) is 19.4 Å². The topological polar surface area (TPSA) is 31.9 Å². The molecule has 3 aromatic rings. The average Bonchev–Trinajstić information content (AvgIpc) is 3.18. The van der Waals surface area contributed by atoms with Gasteiger partial charge in [-0.15, -0.1) is 11.3 Å². The Kier molecular flexibility index (Phi) is 3.05. The minimum atomic E-state index is 1.05. The van der Waals surface area contributed by atoms with Crippen molar-refractivity contribution in [3.8, 4) is 10.7 Å². The first-order valence-electron chi connectivity index (χ1n) is 7.14. The first-order valence-corrected chi connectivity index (χ1v) is 7.95. The lowest BCUT2D eigenvalue weighted by Gasteiger charge is -2.11. The van der Waals surface area contributed by atoms with Crippen LogP contribution in [0.4, 0.5) is 0 Å². The van der Waals surface area contributed by atoms with Crippen molar-refractivity contribution >= 4 is 22.2 Å². The number of hydrogen-bond acceptors (Lipinski definition) is 3. The highest BCUT2D eigenvalue weighted by Crippen LogP contribution is 2.28. The number of nitrogens with one attached hydrogen (secondary N) is 1. The van der Waals surface area contributed by atoms with E-state index in [0.717, 1.165) is 17.2 Å². The van der Waals surface area contributed by atoms with E-state index in [9.17, 15) is 0 Å². The SMILES string of the molecule is c1ccc2[nH]c(-c3ncc(CN4CCCC4)s3)cc2c1. The molecule has 3 heterocycles. The van der Waals surface area contributed by atoms with Gasteiger partial charge in [-0.2, -0.15) is 0 Å². The quantitative estimate of drug-likeness (QED) is 0.791. The van der Waals surface area contributed by atoms with E-state index in [0.29, 0.717) is 0 Å². The standard InChI is InChI=1S/C16H17N3S/c1-2-6-14-12(5-1)9-15(18-14)16-17-10-13(20-16)11-19-7-3-4-8-19/h1-2,5-6,9-10,18H,3-4,7-8,11H2. The van der Waals surface area contributed by atoms with Gasteiger partial charge in [-0.25, -0.2) is 4.98 Å². The molecule has 0 radical (unpaired) electrons. The number of thiazole rings is 1. The molecular weight excluding hydrogens is 266 g/mol. The fourth-order valence-corrected chi connectivity index (χ4v) is 3.78. The van der Waals surface area contributed by atoms with Crippen molar-refractivity contribution in [1.82, 2.24) is 14.9 Å². The van der Waals surface area contributed by atoms with Crippen LogP contribution >= 0.6 is 11.3 Å². The Bertz CT molecular complexity index is 689. The molecule has 1 N–H and O–H groups in total. The fourth-order valence-electron chi connectivity index (χ4n) is 2.85. The van der Waals surface area contributed by atoms with E-state index in [1.165, 1.54) is 41.7 Å². The summed E-state index contributed by atoms with van der Waals surface area (Å²) < 4.78 is 0. The van der Waals surface area contributed by atoms with E-state index in [2.05, 4.69) is 45.2 Å². The Morgan fingerprint density at radius 3 is 2.90 bits per heavy atom. The minimum Gasteiger partial charge on any atom is -0.353 e. The average molecular weight is 283 g/mol. The Hall–Kier alpha value is -1.65. The van der Waals surface area contributed by atoms with Gasteiger partial charge in [-0.3, -0.25) is 4.90 Å². The molecule has 0 unspecified atom stereocenters. The van der Waals surface area contributed by atoms with Gasteiger partial charge in [-0.1, -0.05) is 18.2 Å². The molecule has 0 bridgehead atoms. The van der Waals surface area contributed by atoms with Crippen LogP contribution in [-0.4, -0.2) is 28.0 Å². The summed E-state index contributed by atoms with van der Waals surface area (Å²) in [5, 5.41) is 2.34. The summed E-state index contributed by atoms with van der Waals surface area (Å²) in [4.78, 5) is 11.9. The first kappa shape index (κ1) is 12.1. The predicted molar refractivity (Wildman–Crippen MR) is 83.9 cm³/mol. The molecule has 2 aromatic heterocycles. The number of fused-ring (bicyclic) bond motifs is 1. The molecule has 20 heavy (non-hydrogen) atoms. The molecule has 4 rings (SSSR count). The van der Waals surface area contributed by atoms with Crippen LogP contribution in [0, 0.1) is 0 Å². The van der Waals surface area contributed by atoms with Gasteiger partial charge < -0.3 is 4.98 Å². The van der Waals surface area contributed by atoms with Gasteiger partial charge in [0.15, 0.2) is 0 Å². The molecule has 4 heteroatoms. The number of H-pyrrole nitrogens is 1. The number of benzene rings is 1. The fraction of sp³-hybridized carbons (Fsp3) is 0.312. The Morgan fingerprint density at radius 1 is 1.20 bits per heavy atom. The van der Waals surface area contributed by atoms with Crippen molar-refractivity contribution in [1.29, 1.82) is 0 Å². The van der Waals surface area contributed by atoms with Crippen molar-refractivity contribution in [2.24, 2.45) is 0 Å². The summed E-state index contributed by atoms with van der Waals surface area (Å²) in [5.41, 5.74) is 2.31. The van der Waals surface area contributed by atoms with Crippen molar-refractivity contribution < 1.29 is 0 Å². The molecule has 0 spiro atoms. The third-order valence-electron chi connectivity index (χ3n) is 3.89. The lowest BCUT2D eigenvalue weighted by molar-refractivity contribution is 0.334. The monoisotopic (exact) mass is 283 g/mol. The van der Waals surface area contributed by atoms with Gasteiger partial charge in [-0.05, 0) is 38.1 Å². The van der Waals surface area contributed by atoms with Crippen molar-refractivity contribution in [3.63, 3.8) is 0 Å². The minimum absolute atomic E-state index is 1.05. The van der Waals surface area contributed by atoms with Crippen molar-refractivity contribution in [3.05, 3.63) is 41.4 Å². The van der Waals surface area contributed by atoms with Crippen LogP contribution in [0.1, 0.15) is 17.7 Å². The zero-order chi connectivity index (χ0) is 13.4. The molecule has 102 valence electrons. The summed E-state index contributed by atoms with van der Waals surface area (Å²) in [6.07, 6.45) is 4.71. The van der Waals surface area contributed by atoms with E-state index in [1.54, 1.807) is 11.3 Å². The summed E-state index contributed by atoms with van der Waals surface area (Å²) >= 11 is 1.80. The van der Waals surface area contributed by atoms with Crippen LogP contribution in [0.15, 0.2) is 36.5 Å². The summed E-state index contributed by atoms with van der Waals surface area (Å²) in [6, 6.07) is 10.6. The number of nitrogens with zero attached hydrogens (tertiary/aromatic N) is 2. The number of rotatable bonds is 3. The molecule has 3 nitrogen and oxygen atoms in total. The molecule has 1 aliphatic heterocycles. The normalized spacial score (nSPS) is 16.2. The Labute approximate surface area is 122 Å². The third kappa shape index (κ3) is 2.25. The predicted octanol–water partition coefficient (Wildman–Crippen LogP) is 3.89. The van der Waals surface area contributed by atoms with E-state index in [1.807, 2.05) is 6.20 Å². The third-order valence-corrected chi connectivity index (χ3v) is 4.91. The van der Waals surface area contributed by atoms with Crippen molar-refractivity contribution in [2.75, 3.05) is 13.1 Å². The maximum absolute atomic E-state index is 4.58. The largest absolute Gasteiger partial charge is 0.353 e. The summed E-state index contributed by atoms with van der Waals surface area (Å²) in [7, 11) is 0. The second kappa shape index (κ2) is 5.04. The summed E-state index contributed by atoms with van der Waals surface area (Å²) in [5.74, 6) is 0. The van der Waals surface area contributed by atoms with Gasteiger partial charge in [0.1, 0.15) is 5.01 Å². The number of hydrogen-bond donors (Lipinski definition) is 1. The van der Waals surface area contributed by atoms with Gasteiger partial charge >= 0.3 is 0 Å². The van der Waals surface area contributed by atoms with Gasteiger partial charge in [0.05, 0.1) is 5.69 Å². The molecule has 0 atom stereocenters. The lowest BCUT2D eigenvalue weighted by atomic mass is 10.2. The first-order chi connectivity index (χ1) is 9.88. The Balaban J connectivity index is 1.60. The smallest absolute Gasteiger partial charge is 0.139 e. The molecule has 0 amide bonds. The van der Waals surface area contributed by atoms with Crippen LogP contribution in [0.3, 0.4) is 0 Å². The molecular formula is C16H17N3S. The molecule has 0 aliphatic carbocycles. The van der Waals surface area contributed by atoms with Crippen LogP contribution in [0.2, 0.25) is 0 Å². The number of aromatic nitrogens is 2. The lowest BCUT2D eigenvalue weighted by Crippen LogP contribution is -2.17. The van der Waals surface area contributed by atoms with E-state index in [-0.39, 0.29) is 0 Å². The molecule has 1 aliphatic rings. The van der Waals surface area contributed by atoms with Gasteiger partial charge in [0.2, 0.25) is 0 Å². The van der Waals surface area contributed by atoms with Crippen LogP contribution < -0.4 is 0 Å². The second-order valence-electron chi connectivity index (χ2n) is 5.39. The zero-order valence-corrected chi connectivity index (χ0v) is 12.1. The zero-order valence-electron chi connectivity index (χ0n) is 11.3. The highest BCUT2D eigenvalue weighted by atomic mass is 32.1. The maximum atomic E-state index is 4.58. The van der Waals surface area contributed by atoms with E-state index < -0.39 is 0 Å². The number of likely N-dealkylation sites (tertiary alicyclic amines) is 1. The van der Waals surface area contributed by atoms with Crippen LogP contribution in [0.5, 0.6) is 0 Å². The van der Waals surface area contributed by atoms with Crippen LogP contribution in [-0.2, 0) is 6.54 Å². The number of para-hydroxylation sites is 1. The van der Waals surface area contributed by atoms with Gasteiger partial charge in [0.25, 0.3) is 0 Å². The molecule has 1 saturated heterocycles. The molecule has 1 fully saturated rings. The summed E-state index contributed by atoms with van der Waals surface area (Å²) in [6.45, 7) is 3.52. The Morgan fingerprint density at radius 2 is 2.05 bits per heavy atom. The second-order valence-corrected chi connectivity index (χ2v) is 6.50. The maximum Gasteiger partial charge on any atom is 0.139 e. The van der Waals surface area contributed by atoms with E-state index in [4.69, 9.17) is 0 Å².